The summed E-state index contributed by atoms with van der Waals surface area (Å²) in [6.07, 6.45) is 8.32. The highest BCUT2D eigenvalue weighted by Gasteiger charge is 2.14. The lowest BCUT2D eigenvalue weighted by Gasteiger charge is -2.18. The molecule has 0 heterocycles. The first-order valence-electron chi connectivity index (χ1n) is 5.52. The summed E-state index contributed by atoms with van der Waals surface area (Å²) in [5.74, 6) is 2.80. The van der Waals surface area contributed by atoms with E-state index in [0.29, 0.717) is 0 Å². The van der Waals surface area contributed by atoms with Crippen LogP contribution in [0.5, 0.6) is 0 Å². The average molecular weight is 199 g/mol. The monoisotopic (exact) mass is 199 g/mol. The second-order valence-corrected chi connectivity index (χ2v) is 4.28. The smallest absolute Gasteiger partial charge is 0.0465 e. The Labute approximate surface area is 93.7 Å². The van der Waals surface area contributed by atoms with Crippen molar-refractivity contribution in [1.29, 1.82) is 0 Å². The number of benzene rings is 1. The maximum Gasteiger partial charge on any atom is 0.0465 e. The van der Waals surface area contributed by atoms with Gasteiger partial charge in [-0.3, -0.25) is 0 Å². The van der Waals surface area contributed by atoms with Crippen molar-refractivity contribution in [3.63, 3.8) is 0 Å². The molecule has 0 heteroatoms. The van der Waals surface area contributed by atoms with E-state index in [9.17, 15) is 0 Å². The lowest BCUT2D eigenvalue weighted by molar-refractivity contribution is 0.812. The molecule has 0 spiro atoms. The van der Waals surface area contributed by atoms with Gasteiger partial charge in [0.1, 0.15) is 0 Å². The highest BCUT2D eigenvalue weighted by atomic mass is 14.2. The first-order valence-corrected chi connectivity index (χ1v) is 5.52. The van der Waals surface area contributed by atoms with E-state index in [2.05, 4.69) is 46.6 Å². The molecule has 0 amide bonds. The standard InChI is InChI=1S/C15H19/c1-7-14(8-2)15-11(4)9-10(3)12(5)13(15)6/h9,14H,7H2,1,3-6H3. The van der Waals surface area contributed by atoms with E-state index >= 15 is 0 Å². The second kappa shape index (κ2) is 4.53. The Morgan fingerprint density at radius 2 is 1.73 bits per heavy atom. The zero-order valence-corrected chi connectivity index (χ0v) is 10.4. The molecule has 0 bridgehead atoms. The summed E-state index contributed by atoms with van der Waals surface area (Å²) in [6, 6.07) is 2.22. The molecular weight excluding hydrogens is 180 g/mol. The van der Waals surface area contributed by atoms with Crippen molar-refractivity contribution in [2.45, 2.75) is 47.0 Å². The molecule has 0 saturated heterocycles. The quantitative estimate of drug-likeness (QED) is 0.631. The van der Waals surface area contributed by atoms with E-state index in [1.165, 1.54) is 27.8 Å². The Hall–Kier alpha value is -1.22. The van der Waals surface area contributed by atoms with Gasteiger partial charge in [0.15, 0.2) is 0 Å². The van der Waals surface area contributed by atoms with Crippen LogP contribution in [-0.4, -0.2) is 0 Å². The fourth-order valence-electron chi connectivity index (χ4n) is 2.22. The van der Waals surface area contributed by atoms with Gasteiger partial charge in [-0.2, -0.15) is 0 Å². The van der Waals surface area contributed by atoms with Gasteiger partial charge in [0.05, 0.1) is 0 Å². The van der Waals surface area contributed by atoms with Crippen LogP contribution in [0.15, 0.2) is 6.07 Å². The molecule has 1 unspecified atom stereocenters. The maximum atomic E-state index is 7.36. The molecule has 1 aromatic rings. The van der Waals surface area contributed by atoms with Crippen molar-refractivity contribution >= 4 is 0 Å². The van der Waals surface area contributed by atoms with Crippen LogP contribution >= 0.6 is 0 Å². The minimum atomic E-state index is 0.157. The first kappa shape index (κ1) is 11.9. The van der Waals surface area contributed by atoms with E-state index < -0.39 is 0 Å². The number of hydrogen-bond acceptors (Lipinski definition) is 0. The number of rotatable bonds is 2. The van der Waals surface area contributed by atoms with Gasteiger partial charge in [0.2, 0.25) is 0 Å². The average Bonchev–Trinajstić information content (AvgIpc) is 2.21. The fourth-order valence-corrected chi connectivity index (χ4v) is 2.22. The predicted molar refractivity (Wildman–Crippen MR) is 65.6 cm³/mol. The highest BCUT2D eigenvalue weighted by Crippen LogP contribution is 2.29. The number of hydrogen-bond donors (Lipinski definition) is 0. The van der Waals surface area contributed by atoms with E-state index in [1.54, 1.807) is 0 Å². The summed E-state index contributed by atoms with van der Waals surface area (Å²) < 4.78 is 0. The van der Waals surface area contributed by atoms with Crippen molar-refractivity contribution in [1.82, 2.24) is 0 Å². The Kier molecular flexibility index (Phi) is 3.58. The molecule has 0 aliphatic rings. The fraction of sp³-hybridized carbons (Fsp3) is 0.467. The summed E-state index contributed by atoms with van der Waals surface area (Å²) in [5, 5.41) is 0. The molecule has 0 fully saturated rings. The summed E-state index contributed by atoms with van der Waals surface area (Å²) in [5.41, 5.74) is 6.62. The lowest BCUT2D eigenvalue weighted by atomic mass is 9.85. The van der Waals surface area contributed by atoms with Crippen LogP contribution in [-0.2, 0) is 0 Å². The molecule has 0 aromatic heterocycles. The molecule has 0 N–H and O–H groups in total. The van der Waals surface area contributed by atoms with E-state index in [-0.39, 0.29) is 5.92 Å². The largest absolute Gasteiger partial charge is 0.0809 e. The van der Waals surface area contributed by atoms with Gasteiger partial charge < -0.3 is 0 Å². The Morgan fingerprint density at radius 3 is 2.20 bits per heavy atom. The van der Waals surface area contributed by atoms with Crippen LogP contribution in [0.25, 0.3) is 0 Å². The molecule has 1 aromatic carbocycles. The summed E-state index contributed by atoms with van der Waals surface area (Å²) in [4.78, 5) is 0. The summed E-state index contributed by atoms with van der Waals surface area (Å²) >= 11 is 0. The molecule has 1 atom stereocenters. The summed E-state index contributed by atoms with van der Waals surface area (Å²) in [7, 11) is 0. The molecule has 0 aliphatic heterocycles. The molecule has 15 heavy (non-hydrogen) atoms. The Bertz CT molecular complexity index is 405. The van der Waals surface area contributed by atoms with Crippen molar-refractivity contribution in [3.8, 4) is 5.92 Å². The van der Waals surface area contributed by atoms with Crippen molar-refractivity contribution in [2.24, 2.45) is 0 Å². The normalized spacial score (nSPS) is 12.3. The Morgan fingerprint density at radius 1 is 1.13 bits per heavy atom. The third-order valence-corrected chi connectivity index (χ3v) is 3.35. The minimum absolute atomic E-state index is 0.157. The van der Waals surface area contributed by atoms with Gasteiger partial charge in [-0.25, -0.2) is 0 Å². The van der Waals surface area contributed by atoms with Crippen molar-refractivity contribution < 1.29 is 0 Å². The van der Waals surface area contributed by atoms with Crippen molar-refractivity contribution in [2.75, 3.05) is 0 Å². The minimum Gasteiger partial charge on any atom is -0.0809 e. The zero-order chi connectivity index (χ0) is 11.6. The SMILES string of the molecule is [C]#CC(CC)c1c(C)cc(C)c(C)c1C. The molecular formula is C15H19. The van der Waals surface area contributed by atoms with Crippen LogP contribution in [0.4, 0.5) is 0 Å². The molecule has 0 saturated carbocycles. The Balaban J connectivity index is 3.43. The van der Waals surface area contributed by atoms with Gasteiger partial charge in [0, 0.05) is 5.92 Å². The molecule has 0 aliphatic carbocycles. The zero-order valence-electron chi connectivity index (χ0n) is 10.4. The van der Waals surface area contributed by atoms with Gasteiger partial charge in [-0.05, 0) is 68.4 Å². The third kappa shape index (κ3) is 2.07. The van der Waals surface area contributed by atoms with Crippen molar-refractivity contribution in [3.05, 3.63) is 40.3 Å². The van der Waals surface area contributed by atoms with E-state index in [4.69, 9.17) is 6.42 Å². The van der Waals surface area contributed by atoms with Crippen LogP contribution in [0.2, 0.25) is 0 Å². The van der Waals surface area contributed by atoms with Gasteiger partial charge in [-0.15, -0.1) is 0 Å². The predicted octanol–water partition coefficient (Wildman–Crippen LogP) is 4.00. The molecule has 1 rings (SSSR count). The van der Waals surface area contributed by atoms with Gasteiger partial charge in [-0.1, -0.05) is 18.9 Å². The summed E-state index contributed by atoms with van der Waals surface area (Å²) in [6.45, 7) is 10.7. The van der Waals surface area contributed by atoms with Gasteiger partial charge in [0.25, 0.3) is 0 Å². The lowest BCUT2D eigenvalue weighted by Crippen LogP contribution is -2.03. The first-order chi connectivity index (χ1) is 7.02. The van der Waals surface area contributed by atoms with Crippen LogP contribution in [0.3, 0.4) is 0 Å². The van der Waals surface area contributed by atoms with E-state index in [0.717, 1.165) is 6.42 Å². The molecule has 0 nitrogen and oxygen atoms in total. The molecule has 1 radical (unpaired) electrons. The topological polar surface area (TPSA) is 0 Å². The van der Waals surface area contributed by atoms with Gasteiger partial charge >= 0.3 is 0 Å². The second-order valence-electron chi connectivity index (χ2n) is 4.28. The highest BCUT2D eigenvalue weighted by molar-refractivity contribution is 5.47. The maximum absolute atomic E-state index is 7.36. The van der Waals surface area contributed by atoms with Crippen LogP contribution < -0.4 is 0 Å². The molecule has 79 valence electrons. The van der Waals surface area contributed by atoms with E-state index in [1.807, 2.05) is 0 Å². The van der Waals surface area contributed by atoms with Crippen LogP contribution in [0, 0.1) is 40.0 Å². The number of aryl methyl sites for hydroxylation is 2. The van der Waals surface area contributed by atoms with Crippen LogP contribution in [0.1, 0.15) is 47.1 Å². The third-order valence-electron chi connectivity index (χ3n) is 3.35.